The van der Waals surface area contributed by atoms with Crippen molar-refractivity contribution in [3.05, 3.63) is 29.3 Å². The van der Waals surface area contributed by atoms with Crippen LogP contribution >= 0.6 is 12.4 Å². The van der Waals surface area contributed by atoms with Crippen LogP contribution in [0.25, 0.3) is 0 Å². The Hall–Kier alpha value is -0.930. The average molecular weight is 611 g/mol. The molecular weight excluding hydrogens is 544 g/mol. The van der Waals surface area contributed by atoms with E-state index in [0.717, 1.165) is 109 Å². The van der Waals surface area contributed by atoms with Crippen LogP contribution in [0.3, 0.4) is 0 Å². The third kappa shape index (κ3) is 21.7. The molecule has 1 fully saturated rings. The SMILES string of the molecule is CC(C)CNCCCNCCCNCc1cc(CNCCCNCCCNCC(C)C)cc(OC2CCCCC2)c1.Cl. The van der Waals surface area contributed by atoms with Crippen LogP contribution in [0.1, 0.15) is 96.6 Å². The molecule has 0 heterocycles. The van der Waals surface area contributed by atoms with Crippen LogP contribution in [0.15, 0.2) is 18.2 Å². The van der Waals surface area contributed by atoms with E-state index in [0.29, 0.717) is 6.10 Å². The fourth-order valence-corrected chi connectivity index (χ4v) is 5.23. The molecule has 0 bridgehead atoms. The van der Waals surface area contributed by atoms with Gasteiger partial charge in [-0.2, -0.15) is 0 Å². The molecule has 1 saturated carbocycles. The van der Waals surface area contributed by atoms with Crippen LogP contribution < -0.4 is 36.6 Å². The summed E-state index contributed by atoms with van der Waals surface area (Å²) >= 11 is 0. The van der Waals surface area contributed by atoms with Gasteiger partial charge in [-0.05, 0) is 152 Å². The van der Waals surface area contributed by atoms with Crippen LogP contribution in [-0.2, 0) is 13.1 Å². The molecule has 0 amide bonds. The first-order valence-electron chi connectivity index (χ1n) is 17.1. The van der Waals surface area contributed by atoms with Gasteiger partial charge >= 0.3 is 0 Å². The van der Waals surface area contributed by atoms with E-state index in [2.05, 4.69) is 77.8 Å². The smallest absolute Gasteiger partial charge is 0.120 e. The van der Waals surface area contributed by atoms with Gasteiger partial charge in [0.15, 0.2) is 0 Å². The van der Waals surface area contributed by atoms with Crippen molar-refractivity contribution in [2.75, 3.05) is 65.4 Å². The molecule has 0 saturated heterocycles. The van der Waals surface area contributed by atoms with Crippen LogP contribution in [0.2, 0.25) is 0 Å². The molecule has 42 heavy (non-hydrogen) atoms. The van der Waals surface area contributed by atoms with E-state index in [1.54, 1.807) is 0 Å². The summed E-state index contributed by atoms with van der Waals surface area (Å²) in [6.45, 7) is 21.6. The monoisotopic (exact) mass is 611 g/mol. The lowest BCUT2D eigenvalue weighted by Crippen LogP contribution is -2.26. The summed E-state index contributed by atoms with van der Waals surface area (Å²) in [6.07, 6.45) is 11.4. The van der Waals surface area contributed by atoms with Crippen LogP contribution in [-0.4, -0.2) is 71.6 Å². The standard InChI is InChI=1S/C34H66N6O.ClH/c1-29(2)25-37-18-8-14-35-16-10-20-39-27-31-22-32(24-34(23-31)41-33-12-6-5-7-13-33)28-40-21-11-17-36-15-9-19-38-26-30(3)4;/h22-24,29-30,33,35-40H,5-21,25-28H2,1-4H3;1H. The Bertz CT molecular complexity index is 696. The van der Waals surface area contributed by atoms with Gasteiger partial charge in [0.1, 0.15) is 5.75 Å². The summed E-state index contributed by atoms with van der Waals surface area (Å²) in [5.74, 6) is 2.50. The molecule has 1 aliphatic carbocycles. The highest BCUT2D eigenvalue weighted by Crippen LogP contribution is 2.25. The third-order valence-electron chi connectivity index (χ3n) is 7.47. The first-order chi connectivity index (χ1) is 20.0. The minimum absolute atomic E-state index is 0. The van der Waals surface area contributed by atoms with E-state index in [1.807, 2.05) is 0 Å². The van der Waals surface area contributed by atoms with E-state index in [4.69, 9.17) is 4.74 Å². The van der Waals surface area contributed by atoms with Gasteiger partial charge in [-0.3, -0.25) is 0 Å². The van der Waals surface area contributed by atoms with Crippen molar-refractivity contribution in [3.8, 4) is 5.75 Å². The average Bonchev–Trinajstić information content (AvgIpc) is 2.95. The van der Waals surface area contributed by atoms with Gasteiger partial charge in [-0.1, -0.05) is 40.2 Å². The molecule has 0 unspecified atom stereocenters. The van der Waals surface area contributed by atoms with Gasteiger partial charge < -0.3 is 36.6 Å². The van der Waals surface area contributed by atoms with Crippen molar-refractivity contribution < 1.29 is 4.74 Å². The fourth-order valence-electron chi connectivity index (χ4n) is 5.23. The predicted molar refractivity (Wildman–Crippen MR) is 184 cm³/mol. The van der Waals surface area contributed by atoms with Crippen LogP contribution in [0, 0.1) is 11.8 Å². The van der Waals surface area contributed by atoms with Gasteiger partial charge in [0.05, 0.1) is 6.10 Å². The van der Waals surface area contributed by atoms with E-state index in [1.165, 1.54) is 56.1 Å². The molecule has 0 spiro atoms. The third-order valence-corrected chi connectivity index (χ3v) is 7.47. The summed E-state index contributed by atoms with van der Waals surface area (Å²) in [4.78, 5) is 0. The number of nitrogens with one attached hydrogen (secondary N) is 6. The Kier molecular flexibility index (Phi) is 24.6. The minimum Gasteiger partial charge on any atom is -0.490 e. The summed E-state index contributed by atoms with van der Waals surface area (Å²) in [6, 6.07) is 6.86. The molecule has 1 aromatic rings. The molecule has 0 aliphatic heterocycles. The first-order valence-corrected chi connectivity index (χ1v) is 17.1. The number of rotatable bonds is 26. The molecule has 1 aromatic carbocycles. The van der Waals surface area contributed by atoms with Crippen molar-refractivity contribution in [1.29, 1.82) is 0 Å². The fraction of sp³-hybridized carbons (Fsp3) is 0.824. The maximum absolute atomic E-state index is 6.48. The normalized spacial score (nSPS) is 14.0. The van der Waals surface area contributed by atoms with E-state index in [-0.39, 0.29) is 12.4 Å². The van der Waals surface area contributed by atoms with Crippen molar-refractivity contribution in [2.24, 2.45) is 11.8 Å². The minimum atomic E-state index is 0. The molecule has 246 valence electrons. The van der Waals surface area contributed by atoms with Gasteiger partial charge in [0.2, 0.25) is 0 Å². The second-order valence-electron chi connectivity index (χ2n) is 12.8. The highest BCUT2D eigenvalue weighted by Gasteiger charge is 2.15. The summed E-state index contributed by atoms with van der Waals surface area (Å²) in [5.41, 5.74) is 2.65. The molecule has 0 radical (unpaired) electrons. The van der Waals surface area contributed by atoms with Gasteiger partial charge in [0.25, 0.3) is 0 Å². The second-order valence-corrected chi connectivity index (χ2v) is 12.8. The van der Waals surface area contributed by atoms with Gasteiger partial charge in [0, 0.05) is 13.1 Å². The summed E-state index contributed by atoms with van der Waals surface area (Å²) < 4.78 is 6.48. The maximum Gasteiger partial charge on any atom is 0.120 e. The maximum atomic E-state index is 6.48. The van der Waals surface area contributed by atoms with Crippen molar-refractivity contribution >= 4 is 12.4 Å². The van der Waals surface area contributed by atoms with E-state index < -0.39 is 0 Å². The second kappa shape index (κ2) is 26.5. The molecule has 1 aliphatic rings. The molecule has 2 rings (SSSR count). The quantitative estimate of drug-likeness (QED) is 0.0802. The lowest BCUT2D eigenvalue weighted by atomic mass is 9.97. The lowest BCUT2D eigenvalue weighted by Gasteiger charge is -2.24. The summed E-state index contributed by atoms with van der Waals surface area (Å²) in [5, 5.41) is 21.5. The van der Waals surface area contributed by atoms with Gasteiger partial charge in [-0.25, -0.2) is 0 Å². The highest BCUT2D eigenvalue weighted by molar-refractivity contribution is 5.85. The molecule has 7 nitrogen and oxygen atoms in total. The van der Waals surface area contributed by atoms with E-state index in [9.17, 15) is 0 Å². The molecule has 6 N–H and O–H groups in total. The number of hydrogen-bond donors (Lipinski definition) is 6. The Morgan fingerprint density at radius 1 is 0.571 bits per heavy atom. The van der Waals surface area contributed by atoms with Crippen LogP contribution in [0.5, 0.6) is 5.75 Å². The molecule has 0 aromatic heterocycles. The largest absolute Gasteiger partial charge is 0.490 e. The van der Waals surface area contributed by atoms with E-state index >= 15 is 0 Å². The van der Waals surface area contributed by atoms with Gasteiger partial charge in [-0.15, -0.1) is 12.4 Å². The van der Waals surface area contributed by atoms with Crippen molar-refractivity contribution in [2.45, 2.75) is 105 Å². The van der Waals surface area contributed by atoms with Crippen molar-refractivity contribution in [3.63, 3.8) is 0 Å². The first kappa shape index (κ1) is 39.1. The zero-order chi connectivity index (χ0) is 29.4. The molecule has 8 heteroatoms. The number of halogens is 1. The number of benzene rings is 1. The number of hydrogen-bond acceptors (Lipinski definition) is 7. The Morgan fingerprint density at radius 3 is 1.40 bits per heavy atom. The number of ether oxygens (including phenoxy) is 1. The Labute approximate surface area is 265 Å². The lowest BCUT2D eigenvalue weighted by molar-refractivity contribution is 0.154. The van der Waals surface area contributed by atoms with Crippen LogP contribution in [0.4, 0.5) is 0 Å². The zero-order valence-electron chi connectivity index (χ0n) is 27.6. The predicted octanol–water partition coefficient (Wildman–Crippen LogP) is 5.23. The molecule has 0 atom stereocenters. The summed E-state index contributed by atoms with van der Waals surface area (Å²) in [7, 11) is 0. The molecular formula is C34H67ClN6O. The topological polar surface area (TPSA) is 81.4 Å². The highest BCUT2D eigenvalue weighted by atomic mass is 35.5. The Balaban J connectivity index is 0.00000882. The zero-order valence-corrected chi connectivity index (χ0v) is 28.4. The van der Waals surface area contributed by atoms with Crippen molar-refractivity contribution in [1.82, 2.24) is 31.9 Å². The Morgan fingerprint density at radius 2 is 0.976 bits per heavy atom.